The minimum Gasteiger partial charge on any atom is -0.386 e. The van der Waals surface area contributed by atoms with E-state index in [1.54, 1.807) is 13.0 Å². The van der Waals surface area contributed by atoms with Crippen molar-refractivity contribution in [1.82, 2.24) is 0 Å². The summed E-state index contributed by atoms with van der Waals surface area (Å²) < 4.78 is 0. The van der Waals surface area contributed by atoms with E-state index in [0.717, 1.165) is 6.42 Å². The largest absolute Gasteiger partial charge is 0.386 e. The summed E-state index contributed by atoms with van der Waals surface area (Å²) in [5.74, 6) is 0. The smallest absolute Gasteiger partial charge is 0.0944 e. The van der Waals surface area contributed by atoms with Gasteiger partial charge in [0.15, 0.2) is 0 Å². The maximum absolute atomic E-state index is 9.27. The molecule has 9 heavy (non-hydrogen) atoms. The Labute approximate surface area is 54.4 Å². The van der Waals surface area contributed by atoms with Gasteiger partial charge in [-0.15, -0.1) is 0 Å². The molecule has 0 saturated heterocycles. The van der Waals surface area contributed by atoms with Crippen LogP contribution in [0.15, 0.2) is 11.6 Å². The number of allylic oxidation sites excluding steroid dienone is 1. The highest BCUT2D eigenvalue weighted by molar-refractivity contribution is 5.29. The molecule has 0 spiro atoms. The molecule has 0 saturated carbocycles. The molecule has 0 radical (unpaired) electrons. The minimum atomic E-state index is -0.717. The zero-order chi connectivity index (χ0) is 6.91. The van der Waals surface area contributed by atoms with Crippen molar-refractivity contribution in [2.45, 2.75) is 25.4 Å². The Morgan fingerprint density at radius 3 is 2.78 bits per heavy atom. The van der Waals surface area contributed by atoms with Crippen LogP contribution in [-0.2, 0) is 0 Å². The Morgan fingerprint density at radius 1 is 1.89 bits per heavy atom. The van der Waals surface area contributed by atoms with Crippen LogP contribution in [-0.4, -0.2) is 10.7 Å². The predicted molar refractivity (Wildman–Crippen MR) is 33.6 cm³/mol. The number of nitriles is 1. The third-order valence-corrected chi connectivity index (χ3v) is 1.53. The topological polar surface area (TPSA) is 44.0 Å². The van der Waals surface area contributed by atoms with Gasteiger partial charge in [-0.2, -0.15) is 5.26 Å². The van der Waals surface area contributed by atoms with Crippen LogP contribution in [0.1, 0.15) is 19.8 Å². The summed E-state index contributed by atoms with van der Waals surface area (Å²) in [5.41, 5.74) is -0.00887. The first-order chi connectivity index (χ1) is 4.14. The summed E-state index contributed by atoms with van der Waals surface area (Å²) >= 11 is 0. The molecule has 1 unspecified atom stereocenters. The van der Waals surface area contributed by atoms with Gasteiger partial charge in [0.1, 0.15) is 0 Å². The maximum Gasteiger partial charge on any atom is 0.0944 e. The molecule has 0 amide bonds. The predicted octanol–water partition coefficient (Wildman–Crippen LogP) is 0.981. The first-order valence-electron chi connectivity index (χ1n) is 2.98. The molecule has 0 aromatic carbocycles. The van der Waals surface area contributed by atoms with Crippen LogP contribution in [0.5, 0.6) is 0 Å². The van der Waals surface area contributed by atoms with Gasteiger partial charge in [0.2, 0.25) is 0 Å². The normalized spacial score (nSPS) is 33.7. The highest BCUT2D eigenvalue weighted by Crippen LogP contribution is 2.26. The lowest BCUT2D eigenvalue weighted by Gasteiger charge is -2.10. The number of rotatable bonds is 0. The maximum atomic E-state index is 9.27. The van der Waals surface area contributed by atoms with Crippen molar-refractivity contribution >= 4 is 0 Å². The molecule has 1 rings (SSSR count). The van der Waals surface area contributed by atoms with Crippen molar-refractivity contribution in [2.75, 3.05) is 0 Å². The Bertz CT molecular complexity index is 186. The van der Waals surface area contributed by atoms with Crippen molar-refractivity contribution in [3.63, 3.8) is 0 Å². The zero-order valence-electron chi connectivity index (χ0n) is 5.39. The van der Waals surface area contributed by atoms with Gasteiger partial charge < -0.3 is 5.11 Å². The van der Waals surface area contributed by atoms with Crippen molar-refractivity contribution in [3.05, 3.63) is 11.6 Å². The van der Waals surface area contributed by atoms with Gasteiger partial charge in [0.05, 0.1) is 11.7 Å². The van der Waals surface area contributed by atoms with Crippen molar-refractivity contribution < 1.29 is 5.11 Å². The lowest BCUT2D eigenvalue weighted by molar-refractivity contribution is 0.112. The van der Waals surface area contributed by atoms with Gasteiger partial charge in [-0.1, -0.05) is 0 Å². The summed E-state index contributed by atoms with van der Waals surface area (Å²) in [7, 11) is 0. The van der Waals surface area contributed by atoms with Crippen LogP contribution >= 0.6 is 0 Å². The molecule has 0 heterocycles. The molecule has 1 aliphatic carbocycles. The average Bonchev–Trinajstić information content (AvgIpc) is 2.10. The third-order valence-electron chi connectivity index (χ3n) is 1.53. The lowest BCUT2D eigenvalue weighted by atomic mass is 10.1. The summed E-state index contributed by atoms with van der Waals surface area (Å²) in [6.45, 7) is 1.72. The molecule has 0 bridgehead atoms. The molecule has 1 atom stereocenters. The first-order valence-corrected chi connectivity index (χ1v) is 2.98. The van der Waals surface area contributed by atoms with Gasteiger partial charge in [-0.3, -0.25) is 0 Å². The van der Waals surface area contributed by atoms with Gasteiger partial charge in [0.25, 0.3) is 0 Å². The van der Waals surface area contributed by atoms with E-state index in [2.05, 4.69) is 0 Å². The molecule has 0 aromatic rings. The van der Waals surface area contributed by atoms with E-state index in [1.165, 1.54) is 0 Å². The van der Waals surface area contributed by atoms with E-state index in [4.69, 9.17) is 5.26 Å². The van der Waals surface area contributed by atoms with E-state index in [9.17, 15) is 5.11 Å². The van der Waals surface area contributed by atoms with E-state index in [0.29, 0.717) is 12.0 Å². The third kappa shape index (κ3) is 1.30. The highest BCUT2D eigenvalue weighted by atomic mass is 16.3. The second kappa shape index (κ2) is 1.85. The highest BCUT2D eigenvalue weighted by Gasteiger charge is 2.24. The van der Waals surface area contributed by atoms with Crippen LogP contribution < -0.4 is 0 Å². The molecule has 0 aromatic heterocycles. The molecule has 0 fully saturated rings. The Hall–Kier alpha value is -0.810. The SMILES string of the molecule is CC1(O)C=C(C#N)CC1. The molecular formula is C7H9NO. The van der Waals surface area contributed by atoms with Crippen LogP contribution in [0.3, 0.4) is 0 Å². The van der Waals surface area contributed by atoms with Gasteiger partial charge in [-0.05, 0) is 25.8 Å². The van der Waals surface area contributed by atoms with Gasteiger partial charge in [-0.25, -0.2) is 0 Å². The van der Waals surface area contributed by atoms with Crippen LogP contribution in [0.4, 0.5) is 0 Å². The second-order valence-corrected chi connectivity index (χ2v) is 2.64. The fraction of sp³-hybridized carbons (Fsp3) is 0.571. The summed E-state index contributed by atoms with van der Waals surface area (Å²) in [6, 6.07) is 2.02. The standard InChI is InChI=1S/C7H9NO/c1-7(9)3-2-6(4-7)5-8/h4,9H,2-3H2,1H3. The number of hydrogen-bond donors (Lipinski definition) is 1. The molecule has 2 heteroatoms. The molecule has 1 aliphatic rings. The van der Waals surface area contributed by atoms with Crippen LogP contribution in [0.25, 0.3) is 0 Å². The van der Waals surface area contributed by atoms with Crippen LogP contribution in [0.2, 0.25) is 0 Å². The summed E-state index contributed by atoms with van der Waals surface area (Å²) in [5, 5.41) is 17.6. The zero-order valence-corrected chi connectivity index (χ0v) is 5.39. The molecule has 2 nitrogen and oxygen atoms in total. The van der Waals surface area contributed by atoms with Crippen molar-refractivity contribution in [2.24, 2.45) is 0 Å². The van der Waals surface area contributed by atoms with E-state index < -0.39 is 5.60 Å². The average molecular weight is 123 g/mol. The lowest BCUT2D eigenvalue weighted by Crippen LogP contribution is -2.15. The van der Waals surface area contributed by atoms with Crippen molar-refractivity contribution in [3.8, 4) is 6.07 Å². The monoisotopic (exact) mass is 123 g/mol. The molecular weight excluding hydrogens is 114 g/mol. The molecule has 1 N–H and O–H groups in total. The fourth-order valence-corrected chi connectivity index (χ4v) is 0.996. The molecule has 0 aliphatic heterocycles. The Morgan fingerprint density at radius 2 is 2.56 bits per heavy atom. The van der Waals surface area contributed by atoms with Gasteiger partial charge >= 0.3 is 0 Å². The quantitative estimate of drug-likeness (QED) is 0.521. The van der Waals surface area contributed by atoms with Crippen molar-refractivity contribution in [1.29, 1.82) is 5.26 Å². The minimum absolute atomic E-state index is 0.690. The summed E-state index contributed by atoms with van der Waals surface area (Å²) in [6.07, 6.45) is 3.05. The second-order valence-electron chi connectivity index (χ2n) is 2.64. The summed E-state index contributed by atoms with van der Waals surface area (Å²) in [4.78, 5) is 0. The Kier molecular flexibility index (Phi) is 1.30. The van der Waals surface area contributed by atoms with E-state index in [1.807, 2.05) is 6.07 Å². The fourth-order valence-electron chi connectivity index (χ4n) is 0.996. The first kappa shape index (κ1) is 6.31. The number of aliphatic hydroxyl groups is 1. The number of hydrogen-bond acceptors (Lipinski definition) is 2. The van der Waals surface area contributed by atoms with E-state index in [-0.39, 0.29) is 0 Å². The van der Waals surface area contributed by atoms with Crippen LogP contribution in [0, 0.1) is 11.3 Å². The Balaban J connectivity index is 2.75. The van der Waals surface area contributed by atoms with Gasteiger partial charge in [0, 0.05) is 5.57 Å². The van der Waals surface area contributed by atoms with E-state index >= 15 is 0 Å². The molecule has 48 valence electrons. The number of nitrogens with zero attached hydrogens (tertiary/aromatic N) is 1.